The summed E-state index contributed by atoms with van der Waals surface area (Å²) in [6.07, 6.45) is 1.72. The molecule has 1 N–H and O–H groups in total. The first kappa shape index (κ1) is 17.4. The zero-order valence-corrected chi connectivity index (χ0v) is 15.2. The summed E-state index contributed by atoms with van der Waals surface area (Å²) in [6, 6.07) is 5.45. The number of rotatable bonds is 4. The highest BCUT2D eigenvalue weighted by atomic mass is 16.7. The van der Waals surface area contributed by atoms with Crippen LogP contribution in [0.5, 0.6) is 11.5 Å². The van der Waals surface area contributed by atoms with Gasteiger partial charge in [0.2, 0.25) is 6.79 Å². The number of aromatic nitrogens is 2. The molecule has 0 spiro atoms. The van der Waals surface area contributed by atoms with Crippen molar-refractivity contribution in [3.05, 3.63) is 41.2 Å². The Balaban J connectivity index is 1.61. The van der Waals surface area contributed by atoms with Gasteiger partial charge in [-0.3, -0.25) is 14.3 Å². The van der Waals surface area contributed by atoms with Crippen molar-refractivity contribution in [1.82, 2.24) is 14.7 Å². The molecule has 27 heavy (non-hydrogen) atoms. The predicted molar refractivity (Wildman–Crippen MR) is 95.0 cm³/mol. The molecular formula is C19H21N3O5. The molecule has 0 aliphatic carbocycles. The van der Waals surface area contributed by atoms with Gasteiger partial charge >= 0.3 is 5.97 Å². The summed E-state index contributed by atoms with van der Waals surface area (Å²) >= 11 is 0. The van der Waals surface area contributed by atoms with Gasteiger partial charge in [-0.25, -0.2) is 0 Å². The van der Waals surface area contributed by atoms with Crippen LogP contribution in [0.15, 0.2) is 24.4 Å². The highest BCUT2D eigenvalue weighted by molar-refractivity contribution is 5.95. The largest absolute Gasteiger partial charge is 0.481 e. The van der Waals surface area contributed by atoms with Crippen molar-refractivity contribution in [2.24, 2.45) is 5.92 Å². The van der Waals surface area contributed by atoms with Gasteiger partial charge in [0, 0.05) is 31.7 Å². The van der Waals surface area contributed by atoms with Crippen LogP contribution in [0.4, 0.5) is 0 Å². The fourth-order valence-electron chi connectivity index (χ4n) is 3.76. The molecule has 3 heterocycles. The van der Waals surface area contributed by atoms with Crippen LogP contribution in [-0.4, -0.2) is 51.5 Å². The number of hydrogen-bond donors (Lipinski definition) is 1. The van der Waals surface area contributed by atoms with E-state index in [0.29, 0.717) is 35.8 Å². The van der Waals surface area contributed by atoms with E-state index >= 15 is 0 Å². The molecular weight excluding hydrogens is 350 g/mol. The first-order chi connectivity index (χ1) is 13.0. The van der Waals surface area contributed by atoms with Crippen LogP contribution in [0, 0.1) is 12.8 Å². The molecule has 0 bridgehead atoms. The van der Waals surface area contributed by atoms with Crippen molar-refractivity contribution < 1.29 is 24.2 Å². The average Bonchev–Trinajstić information content (AvgIpc) is 3.37. The highest BCUT2D eigenvalue weighted by Crippen LogP contribution is 2.39. The average molecular weight is 371 g/mol. The summed E-state index contributed by atoms with van der Waals surface area (Å²) in [5.41, 5.74) is 2.01. The number of carboxylic acid groups (broad SMARTS) is 1. The number of fused-ring (bicyclic) bond motifs is 1. The standard InChI is InChI=1S/C19H21N3O5/c1-3-22-9-13(11(2)20-22)18(23)21-7-14(15(8-21)19(24)25)12-4-5-16-17(6-12)27-10-26-16/h4-6,9,14-15H,3,7-8,10H2,1-2H3,(H,24,25)/t14-,15+/m1/s1. The number of benzene rings is 1. The van der Waals surface area contributed by atoms with Gasteiger partial charge in [-0.15, -0.1) is 0 Å². The number of carbonyl (C=O) groups excluding carboxylic acids is 1. The Hall–Kier alpha value is -3.03. The highest BCUT2D eigenvalue weighted by Gasteiger charge is 2.41. The van der Waals surface area contributed by atoms with E-state index in [4.69, 9.17) is 9.47 Å². The Kier molecular flexibility index (Phi) is 4.25. The Labute approximate surface area is 156 Å². The van der Waals surface area contributed by atoms with Crippen LogP contribution in [-0.2, 0) is 11.3 Å². The van der Waals surface area contributed by atoms with Gasteiger partial charge in [-0.1, -0.05) is 6.07 Å². The molecule has 8 heteroatoms. The van der Waals surface area contributed by atoms with Crippen molar-refractivity contribution in [2.45, 2.75) is 26.3 Å². The van der Waals surface area contributed by atoms with Crippen molar-refractivity contribution >= 4 is 11.9 Å². The molecule has 1 aromatic carbocycles. The van der Waals surface area contributed by atoms with Crippen molar-refractivity contribution in [3.8, 4) is 11.5 Å². The number of ether oxygens (including phenoxy) is 2. The summed E-state index contributed by atoms with van der Waals surface area (Å²) in [4.78, 5) is 26.4. The number of carbonyl (C=O) groups is 2. The molecule has 0 unspecified atom stereocenters. The minimum Gasteiger partial charge on any atom is -0.481 e. The zero-order chi connectivity index (χ0) is 19.1. The summed E-state index contributed by atoms with van der Waals surface area (Å²) in [5, 5.41) is 14.0. The molecule has 2 aliphatic heterocycles. The Morgan fingerprint density at radius 2 is 2.04 bits per heavy atom. The minimum absolute atomic E-state index is 0.164. The van der Waals surface area contributed by atoms with E-state index in [2.05, 4.69) is 5.10 Å². The number of nitrogens with zero attached hydrogens (tertiary/aromatic N) is 3. The lowest BCUT2D eigenvalue weighted by Crippen LogP contribution is -2.30. The maximum absolute atomic E-state index is 13.0. The van der Waals surface area contributed by atoms with Gasteiger partial charge in [0.1, 0.15) is 0 Å². The Morgan fingerprint density at radius 3 is 2.74 bits per heavy atom. The van der Waals surface area contributed by atoms with Crippen LogP contribution in [0.3, 0.4) is 0 Å². The van der Waals surface area contributed by atoms with E-state index in [9.17, 15) is 14.7 Å². The summed E-state index contributed by atoms with van der Waals surface area (Å²) in [6.45, 7) is 5.09. The number of amides is 1. The van der Waals surface area contributed by atoms with E-state index in [1.165, 1.54) is 0 Å². The second-order valence-electron chi connectivity index (χ2n) is 6.86. The quantitative estimate of drug-likeness (QED) is 0.882. The second kappa shape index (κ2) is 6.61. The molecule has 0 radical (unpaired) electrons. The van der Waals surface area contributed by atoms with Crippen LogP contribution in [0.2, 0.25) is 0 Å². The number of aryl methyl sites for hydroxylation is 2. The third kappa shape index (κ3) is 3.01. The topological polar surface area (TPSA) is 93.9 Å². The predicted octanol–water partition coefficient (Wildman–Crippen LogP) is 1.88. The molecule has 1 aromatic heterocycles. The van der Waals surface area contributed by atoms with Gasteiger partial charge in [-0.05, 0) is 31.5 Å². The Bertz CT molecular complexity index is 907. The molecule has 1 saturated heterocycles. The molecule has 1 amide bonds. The maximum atomic E-state index is 13.0. The summed E-state index contributed by atoms with van der Waals surface area (Å²) < 4.78 is 12.4. The van der Waals surface area contributed by atoms with Crippen molar-refractivity contribution in [1.29, 1.82) is 0 Å². The van der Waals surface area contributed by atoms with Gasteiger partial charge in [-0.2, -0.15) is 5.10 Å². The van der Waals surface area contributed by atoms with E-state index in [1.54, 1.807) is 28.8 Å². The Morgan fingerprint density at radius 1 is 1.26 bits per heavy atom. The van der Waals surface area contributed by atoms with Crippen LogP contribution in [0.25, 0.3) is 0 Å². The number of carboxylic acids is 1. The molecule has 1 fully saturated rings. The lowest BCUT2D eigenvalue weighted by atomic mass is 9.89. The van der Waals surface area contributed by atoms with E-state index in [1.807, 2.05) is 19.1 Å². The summed E-state index contributed by atoms with van der Waals surface area (Å²) in [7, 11) is 0. The second-order valence-corrected chi connectivity index (χ2v) is 6.86. The molecule has 2 aliphatic rings. The monoisotopic (exact) mass is 371 g/mol. The smallest absolute Gasteiger partial charge is 0.308 e. The number of hydrogen-bond acceptors (Lipinski definition) is 5. The molecule has 4 rings (SSSR count). The normalized spacial score (nSPS) is 20.9. The zero-order valence-electron chi connectivity index (χ0n) is 15.2. The molecule has 142 valence electrons. The van der Waals surface area contributed by atoms with Crippen molar-refractivity contribution in [3.63, 3.8) is 0 Å². The van der Waals surface area contributed by atoms with Crippen LogP contribution >= 0.6 is 0 Å². The van der Waals surface area contributed by atoms with Crippen molar-refractivity contribution in [2.75, 3.05) is 19.9 Å². The minimum atomic E-state index is -0.908. The lowest BCUT2D eigenvalue weighted by molar-refractivity contribution is -0.141. The SMILES string of the molecule is CCn1cc(C(=O)N2C[C@H](C(=O)O)[C@@H](c3ccc4c(c3)OCO4)C2)c(C)n1. The third-order valence-corrected chi connectivity index (χ3v) is 5.25. The van der Waals surface area contributed by atoms with Gasteiger partial charge in [0.05, 0.1) is 17.2 Å². The fourth-order valence-corrected chi connectivity index (χ4v) is 3.76. The van der Waals surface area contributed by atoms with Crippen LogP contribution < -0.4 is 9.47 Å². The lowest BCUT2D eigenvalue weighted by Gasteiger charge is -2.16. The fraction of sp³-hybridized carbons (Fsp3) is 0.421. The molecule has 2 aromatic rings. The van der Waals surface area contributed by atoms with E-state index in [-0.39, 0.29) is 25.2 Å². The third-order valence-electron chi connectivity index (χ3n) is 5.25. The molecule has 8 nitrogen and oxygen atoms in total. The van der Waals surface area contributed by atoms with E-state index < -0.39 is 11.9 Å². The van der Waals surface area contributed by atoms with Gasteiger partial charge in [0.15, 0.2) is 11.5 Å². The molecule has 2 atom stereocenters. The number of likely N-dealkylation sites (tertiary alicyclic amines) is 1. The first-order valence-electron chi connectivity index (χ1n) is 8.93. The van der Waals surface area contributed by atoms with Gasteiger partial charge < -0.3 is 19.5 Å². The van der Waals surface area contributed by atoms with E-state index in [0.717, 1.165) is 5.56 Å². The van der Waals surface area contributed by atoms with Crippen LogP contribution in [0.1, 0.15) is 34.5 Å². The van der Waals surface area contributed by atoms with Gasteiger partial charge in [0.25, 0.3) is 5.91 Å². The maximum Gasteiger partial charge on any atom is 0.308 e. The molecule has 0 saturated carbocycles. The number of aliphatic carboxylic acids is 1. The first-order valence-corrected chi connectivity index (χ1v) is 8.93. The summed E-state index contributed by atoms with van der Waals surface area (Å²) in [5.74, 6) is -0.797.